The van der Waals surface area contributed by atoms with E-state index in [1.54, 1.807) is 6.07 Å². The molecule has 0 fully saturated rings. The molecule has 0 spiro atoms. The number of hydrogen-bond acceptors (Lipinski definition) is 1. The molecule has 16 heavy (non-hydrogen) atoms. The molecule has 0 aliphatic carbocycles. The Bertz CT molecular complexity index is 532. The third-order valence-electron chi connectivity index (χ3n) is 2.48. The van der Waals surface area contributed by atoms with E-state index in [1.807, 2.05) is 31.2 Å². The topological polar surface area (TPSA) is 17.1 Å². The minimum absolute atomic E-state index is 0.0939. The summed E-state index contributed by atoms with van der Waals surface area (Å²) in [6, 6.07) is 12.5. The Kier molecular flexibility index (Phi) is 2.82. The van der Waals surface area contributed by atoms with Crippen LogP contribution in [0.25, 0.3) is 11.1 Å². The zero-order valence-corrected chi connectivity index (χ0v) is 8.91. The fraction of sp³-hybridized carbons (Fsp3) is 0.0714. The number of halogens is 1. The van der Waals surface area contributed by atoms with Crippen LogP contribution >= 0.6 is 0 Å². The van der Waals surface area contributed by atoms with Crippen molar-refractivity contribution < 1.29 is 9.18 Å². The zero-order valence-electron chi connectivity index (χ0n) is 8.91. The van der Waals surface area contributed by atoms with Crippen LogP contribution in [0.4, 0.5) is 4.39 Å². The highest BCUT2D eigenvalue weighted by atomic mass is 19.1. The average Bonchev–Trinajstić information content (AvgIpc) is 2.29. The van der Waals surface area contributed by atoms with Gasteiger partial charge < -0.3 is 0 Å². The van der Waals surface area contributed by atoms with Gasteiger partial charge in [0.05, 0.1) is 5.56 Å². The summed E-state index contributed by atoms with van der Waals surface area (Å²) in [7, 11) is 0. The zero-order chi connectivity index (χ0) is 11.5. The number of hydrogen-bond donors (Lipinski definition) is 0. The number of carbonyl (C=O) groups is 1. The van der Waals surface area contributed by atoms with Crippen molar-refractivity contribution in [2.45, 2.75) is 6.92 Å². The summed E-state index contributed by atoms with van der Waals surface area (Å²) in [6.45, 7) is 1.99. The molecule has 0 saturated heterocycles. The van der Waals surface area contributed by atoms with Crippen LogP contribution in [0.2, 0.25) is 0 Å². The van der Waals surface area contributed by atoms with Gasteiger partial charge in [-0.1, -0.05) is 35.9 Å². The van der Waals surface area contributed by atoms with Gasteiger partial charge in [-0.15, -0.1) is 0 Å². The van der Waals surface area contributed by atoms with Gasteiger partial charge in [0.2, 0.25) is 0 Å². The molecule has 0 atom stereocenters. The largest absolute Gasteiger partial charge is 0.298 e. The highest BCUT2D eigenvalue weighted by Crippen LogP contribution is 2.22. The van der Waals surface area contributed by atoms with E-state index in [-0.39, 0.29) is 5.56 Å². The van der Waals surface area contributed by atoms with Crippen molar-refractivity contribution in [1.82, 2.24) is 0 Å². The summed E-state index contributed by atoms with van der Waals surface area (Å²) in [5, 5.41) is 0. The third kappa shape index (κ3) is 2.01. The fourth-order valence-electron chi connectivity index (χ4n) is 1.63. The molecule has 2 heteroatoms. The van der Waals surface area contributed by atoms with E-state index in [1.165, 1.54) is 12.1 Å². The molecule has 0 N–H and O–H groups in total. The van der Waals surface area contributed by atoms with Gasteiger partial charge in [0.25, 0.3) is 0 Å². The summed E-state index contributed by atoms with van der Waals surface area (Å²) < 4.78 is 13.4. The lowest BCUT2D eigenvalue weighted by Gasteiger charge is -2.04. The maximum absolute atomic E-state index is 13.4. The van der Waals surface area contributed by atoms with Crippen molar-refractivity contribution >= 4 is 6.29 Å². The Morgan fingerprint density at radius 2 is 1.81 bits per heavy atom. The molecule has 2 rings (SSSR count). The average molecular weight is 214 g/mol. The maximum Gasteiger partial charge on any atom is 0.152 e. The minimum atomic E-state index is -0.478. The van der Waals surface area contributed by atoms with Crippen molar-refractivity contribution in [1.29, 1.82) is 0 Å². The fourth-order valence-corrected chi connectivity index (χ4v) is 1.63. The lowest BCUT2D eigenvalue weighted by Crippen LogP contribution is -1.88. The molecule has 0 radical (unpaired) electrons. The molecule has 1 nitrogen and oxygen atoms in total. The van der Waals surface area contributed by atoms with Crippen molar-refractivity contribution in [2.24, 2.45) is 0 Å². The van der Waals surface area contributed by atoms with Crippen molar-refractivity contribution in [2.75, 3.05) is 0 Å². The van der Waals surface area contributed by atoms with Gasteiger partial charge in [0.15, 0.2) is 6.29 Å². The first-order valence-electron chi connectivity index (χ1n) is 5.02. The normalized spacial score (nSPS) is 10.1. The highest BCUT2D eigenvalue weighted by molar-refractivity contribution is 5.77. The summed E-state index contributed by atoms with van der Waals surface area (Å²) in [6.07, 6.45) is 0.523. The molecule has 0 aromatic heterocycles. The molecular weight excluding hydrogens is 203 g/mol. The van der Waals surface area contributed by atoms with E-state index in [9.17, 15) is 9.18 Å². The molecule has 0 aliphatic heterocycles. The summed E-state index contributed by atoms with van der Waals surface area (Å²) in [4.78, 5) is 10.5. The quantitative estimate of drug-likeness (QED) is 0.698. The molecule has 0 saturated carbocycles. The van der Waals surface area contributed by atoms with Crippen LogP contribution in [0.5, 0.6) is 0 Å². The van der Waals surface area contributed by atoms with Crippen LogP contribution in [0, 0.1) is 12.7 Å². The van der Waals surface area contributed by atoms with Gasteiger partial charge in [-0.2, -0.15) is 0 Å². The Balaban J connectivity index is 2.49. The lowest BCUT2D eigenvalue weighted by atomic mass is 10.0. The van der Waals surface area contributed by atoms with E-state index in [2.05, 4.69) is 0 Å². The van der Waals surface area contributed by atoms with E-state index in [4.69, 9.17) is 0 Å². The number of aldehydes is 1. The van der Waals surface area contributed by atoms with Gasteiger partial charge in [-0.3, -0.25) is 4.79 Å². The summed E-state index contributed by atoms with van der Waals surface area (Å²) in [5.74, 6) is -0.478. The van der Waals surface area contributed by atoms with E-state index in [0.717, 1.165) is 16.7 Å². The van der Waals surface area contributed by atoms with Crippen molar-refractivity contribution in [3.8, 4) is 11.1 Å². The molecule has 2 aromatic rings. The Hall–Kier alpha value is -1.96. The van der Waals surface area contributed by atoms with Gasteiger partial charge in [-0.05, 0) is 30.2 Å². The molecule has 80 valence electrons. The molecule has 0 aliphatic rings. The second-order valence-electron chi connectivity index (χ2n) is 3.72. The smallest absolute Gasteiger partial charge is 0.152 e. The van der Waals surface area contributed by atoms with Crippen molar-refractivity contribution in [3.63, 3.8) is 0 Å². The Morgan fingerprint density at radius 1 is 1.06 bits per heavy atom. The van der Waals surface area contributed by atoms with Crippen molar-refractivity contribution in [3.05, 3.63) is 59.4 Å². The Morgan fingerprint density at radius 3 is 2.44 bits per heavy atom. The van der Waals surface area contributed by atoms with Crippen LogP contribution in [-0.4, -0.2) is 6.29 Å². The number of rotatable bonds is 2. The SMILES string of the molecule is Cc1cccc(-c2ccc(C=O)c(F)c2)c1. The Labute approximate surface area is 93.5 Å². The molecule has 0 bridgehead atoms. The second-order valence-corrected chi connectivity index (χ2v) is 3.72. The lowest BCUT2D eigenvalue weighted by molar-refractivity contribution is 0.112. The molecule has 2 aromatic carbocycles. The van der Waals surface area contributed by atoms with Crippen LogP contribution in [0.3, 0.4) is 0 Å². The van der Waals surface area contributed by atoms with Crippen LogP contribution < -0.4 is 0 Å². The monoisotopic (exact) mass is 214 g/mol. The number of benzene rings is 2. The van der Waals surface area contributed by atoms with Gasteiger partial charge in [-0.25, -0.2) is 4.39 Å². The summed E-state index contributed by atoms with van der Waals surface area (Å²) in [5.41, 5.74) is 2.96. The van der Waals surface area contributed by atoms with Gasteiger partial charge in [0, 0.05) is 0 Å². The predicted molar refractivity (Wildman–Crippen MR) is 62.0 cm³/mol. The number of carbonyl (C=O) groups excluding carboxylic acids is 1. The molecule has 0 heterocycles. The van der Waals surface area contributed by atoms with E-state index < -0.39 is 5.82 Å². The molecule has 0 amide bonds. The van der Waals surface area contributed by atoms with E-state index in [0.29, 0.717) is 6.29 Å². The minimum Gasteiger partial charge on any atom is -0.298 e. The second kappa shape index (κ2) is 4.27. The summed E-state index contributed by atoms with van der Waals surface area (Å²) >= 11 is 0. The molecular formula is C14H11FO. The van der Waals surface area contributed by atoms with Gasteiger partial charge >= 0.3 is 0 Å². The maximum atomic E-state index is 13.4. The first-order chi connectivity index (χ1) is 7.70. The first kappa shape index (κ1) is 10.6. The third-order valence-corrected chi connectivity index (χ3v) is 2.48. The van der Waals surface area contributed by atoms with Gasteiger partial charge in [0.1, 0.15) is 5.82 Å². The van der Waals surface area contributed by atoms with Crippen LogP contribution in [-0.2, 0) is 0 Å². The van der Waals surface area contributed by atoms with Crippen LogP contribution in [0.1, 0.15) is 15.9 Å². The molecule has 0 unspecified atom stereocenters. The van der Waals surface area contributed by atoms with E-state index >= 15 is 0 Å². The predicted octanol–water partition coefficient (Wildman–Crippen LogP) is 3.61. The standard InChI is InChI=1S/C14H11FO/c1-10-3-2-4-11(7-10)12-5-6-13(9-16)14(15)8-12/h2-9H,1H3. The number of aryl methyl sites for hydroxylation is 1. The highest BCUT2D eigenvalue weighted by Gasteiger charge is 2.04. The van der Waals surface area contributed by atoms with Crippen LogP contribution in [0.15, 0.2) is 42.5 Å². The first-order valence-corrected chi connectivity index (χ1v) is 5.02.